The summed E-state index contributed by atoms with van der Waals surface area (Å²) in [7, 11) is 0. The molecule has 10 heteroatoms. The van der Waals surface area contributed by atoms with Crippen molar-refractivity contribution in [1.29, 1.82) is 0 Å². The zero-order valence-corrected chi connectivity index (χ0v) is 21.0. The molecule has 2 aromatic carbocycles. The van der Waals surface area contributed by atoms with Gasteiger partial charge in [-0.15, -0.1) is 0 Å². The molecule has 5 rings (SSSR count). The van der Waals surface area contributed by atoms with Crippen LogP contribution in [0.5, 0.6) is 5.75 Å². The zero-order chi connectivity index (χ0) is 25.8. The number of nitrogens with one attached hydrogen (secondary N) is 2. The molecule has 2 fully saturated rings. The summed E-state index contributed by atoms with van der Waals surface area (Å²) in [6.45, 7) is 2.85. The fraction of sp³-hybridized carbons (Fsp3) is 0.370. The third kappa shape index (κ3) is 6.74. The molecule has 2 aliphatic rings. The van der Waals surface area contributed by atoms with Crippen LogP contribution in [0.25, 0.3) is 10.9 Å². The van der Waals surface area contributed by atoms with Gasteiger partial charge in [0.1, 0.15) is 23.7 Å². The van der Waals surface area contributed by atoms with Gasteiger partial charge in [0, 0.05) is 42.9 Å². The molecular formula is C27H29ClFN5O3. The molecule has 1 aliphatic carbocycles. The molecule has 37 heavy (non-hydrogen) atoms. The number of aliphatic hydroxyl groups is 1. The molecule has 0 unspecified atom stereocenters. The van der Waals surface area contributed by atoms with E-state index in [2.05, 4.69) is 25.5 Å². The SMILES string of the molecule is O=C(/C=C/CN1CCC(O)CC1)Nc1cc2c(Nc3ccc(F)c(Cl)c3)ncnc2cc1OCC1CC1. The summed E-state index contributed by atoms with van der Waals surface area (Å²) in [5, 5.41) is 16.4. The number of halogens is 2. The van der Waals surface area contributed by atoms with Crippen LogP contribution in [0, 0.1) is 11.7 Å². The predicted octanol–water partition coefficient (Wildman–Crippen LogP) is 4.91. The number of piperidine rings is 1. The van der Waals surface area contributed by atoms with Gasteiger partial charge >= 0.3 is 0 Å². The number of benzene rings is 2. The second-order valence-corrected chi connectivity index (χ2v) is 9.93. The Morgan fingerprint density at radius 3 is 2.76 bits per heavy atom. The molecule has 0 bridgehead atoms. The lowest BCUT2D eigenvalue weighted by Crippen LogP contribution is -2.35. The van der Waals surface area contributed by atoms with Crippen LogP contribution >= 0.6 is 11.6 Å². The zero-order valence-electron chi connectivity index (χ0n) is 20.3. The molecule has 1 aliphatic heterocycles. The highest BCUT2D eigenvalue weighted by atomic mass is 35.5. The minimum Gasteiger partial charge on any atom is -0.491 e. The summed E-state index contributed by atoms with van der Waals surface area (Å²) in [4.78, 5) is 23.7. The minimum atomic E-state index is -0.506. The number of rotatable bonds is 9. The molecule has 1 amide bonds. The third-order valence-corrected chi connectivity index (χ3v) is 6.83. The first kappa shape index (κ1) is 25.4. The number of aromatic nitrogens is 2. The van der Waals surface area contributed by atoms with E-state index >= 15 is 0 Å². The summed E-state index contributed by atoms with van der Waals surface area (Å²) in [5.74, 6) is 0.783. The van der Waals surface area contributed by atoms with Gasteiger partial charge in [0.25, 0.3) is 0 Å². The van der Waals surface area contributed by atoms with Crippen LogP contribution in [-0.4, -0.2) is 58.2 Å². The van der Waals surface area contributed by atoms with E-state index in [0.29, 0.717) is 52.9 Å². The summed E-state index contributed by atoms with van der Waals surface area (Å²) in [6, 6.07) is 7.90. The fourth-order valence-corrected chi connectivity index (χ4v) is 4.37. The number of hydrogen-bond acceptors (Lipinski definition) is 7. The van der Waals surface area contributed by atoms with Crippen molar-refractivity contribution in [3.63, 3.8) is 0 Å². The fourth-order valence-electron chi connectivity index (χ4n) is 4.19. The lowest BCUT2D eigenvalue weighted by molar-refractivity contribution is -0.111. The number of anilines is 3. The first-order chi connectivity index (χ1) is 17.9. The van der Waals surface area contributed by atoms with Crippen molar-refractivity contribution in [2.75, 3.05) is 36.9 Å². The highest BCUT2D eigenvalue weighted by Gasteiger charge is 2.23. The van der Waals surface area contributed by atoms with Crippen LogP contribution in [0.3, 0.4) is 0 Å². The summed E-state index contributed by atoms with van der Waals surface area (Å²) in [6.07, 6.45) is 8.33. The van der Waals surface area contributed by atoms with E-state index in [0.717, 1.165) is 38.8 Å². The van der Waals surface area contributed by atoms with E-state index in [9.17, 15) is 14.3 Å². The van der Waals surface area contributed by atoms with Crippen LogP contribution in [0.4, 0.5) is 21.6 Å². The molecule has 0 spiro atoms. The number of nitrogens with zero attached hydrogens (tertiary/aromatic N) is 3. The molecule has 0 atom stereocenters. The standard InChI is InChI=1S/C27H29ClFN5O3/c28-21-12-18(5-6-22(21)29)32-27-20-13-24(25(37-15-17-3-4-17)14-23(20)30-16-31-27)33-26(36)2-1-9-34-10-7-19(35)8-11-34/h1-2,5-6,12-14,16-17,19,35H,3-4,7-11,15H2,(H,33,36)(H,30,31,32)/b2-1+. The molecule has 8 nitrogen and oxygen atoms in total. The van der Waals surface area contributed by atoms with E-state index in [-0.39, 0.29) is 17.0 Å². The summed E-state index contributed by atoms with van der Waals surface area (Å²) >= 11 is 5.93. The molecule has 1 aromatic heterocycles. The van der Waals surface area contributed by atoms with E-state index in [1.165, 1.54) is 24.5 Å². The minimum absolute atomic E-state index is 0.000375. The summed E-state index contributed by atoms with van der Waals surface area (Å²) in [5.41, 5.74) is 1.72. The Morgan fingerprint density at radius 1 is 1.19 bits per heavy atom. The Balaban J connectivity index is 1.36. The van der Waals surface area contributed by atoms with Crippen molar-refractivity contribution in [3.05, 3.63) is 59.7 Å². The van der Waals surface area contributed by atoms with Gasteiger partial charge in [-0.2, -0.15) is 0 Å². The van der Waals surface area contributed by atoms with Crippen molar-refractivity contribution in [2.24, 2.45) is 5.92 Å². The Kier molecular flexibility index (Phi) is 7.83. The number of aliphatic hydroxyl groups excluding tert-OH is 1. The van der Waals surface area contributed by atoms with E-state index in [1.54, 1.807) is 18.2 Å². The molecule has 0 radical (unpaired) electrons. The lowest BCUT2D eigenvalue weighted by Gasteiger charge is -2.28. The highest BCUT2D eigenvalue weighted by molar-refractivity contribution is 6.31. The second kappa shape index (κ2) is 11.4. The van der Waals surface area contributed by atoms with Crippen molar-refractivity contribution in [1.82, 2.24) is 14.9 Å². The van der Waals surface area contributed by atoms with Gasteiger partial charge in [-0.05, 0) is 55.9 Å². The topological polar surface area (TPSA) is 99.6 Å². The van der Waals surface area contributed by atoms with Crippen LogP contribution < -0.4 is 15.4 Å². The van der Waals surface area contributed by atoms with Gasteiger partial charge < -0.3 is 20.5 Å². The van der Waals surface area contributed by atoms with Crippen LogP contribution in [-0.2, 0) is 4.79 Å². The average Bonchev–Trinajstić information content (AvgIpc) is 3.71. The molecule has 2 heterocycles. The normalized spacial score (nSPS) is 16.8. The van der Waals surface area contributed by atoms with E-state index in [1.807, 2.05) is 6.08 Å². The molecule has 1 saturated heterocycles. The molecule has 1 saturated carbocycles. The monoisotopic (exact) mass is 525 g/mol. The number of ether oxygens (including phenoxy) is 1. The quantitative estimate of drug-likeness (QED) is 0.341. The second-order valence-electron chi connectivity index (χ2n) is 9.52. The van der Waals surface area contributed by atoms with Gasteiger partial charge in [-0.25, -0.2) is 14.4 Å². The number of carbonyl (C=O) groups is 1. The number of amides is 1. The maximum atomic E-state index is 13.6. The van der Waals surface area contributed by atoms with Gasteiger partial charge in [-0.3, -0.25) is 9.69 Å². The van der Waals surface area contributed by atoms with Gasteiger partial charge in [0.15, 0.2) is 0 Å². The smallest absolute Gasteiger partial charge is 0.248 e. The largest absolute Gasteiger partial charge is 0.491 e. The average molecular weight is 526 g/mol. The first-order valence-corrected chi connectivity index (χ1v) is 12.8. The molecule has 3 aromatic rings. The summed E-state index contributed by atoms with van der Waals surface area (Å²) < 4.78 is 19.7. The maximum absolute atomic E-state index is 13.6. The van der Waals surface area contributed by atoms with Gasteiger partial charge in [-0.1, -0.05) is 17.7 Å². The predicted molar refractivity (Wildman–Crippen MR) is 142 cm³/mol. The molecule has 194 valence electrons. The van der Waals surface area contributed by atoms with E-state index < -0.39 is 5.82 Å². The Labute approximate surface area is 219 Å². The Bertz CT molecular complexity index is 1310. The Morgan fingerprint density at radius 2 is 2.00 bits per heavy atom. The van der Waals surface area contributed by atoms with Crippen LogP contribution in [0.15, 0.2) is 48.8 Å². The van der Waals surface area contributed by atoms with Crippen LogP contribution in [0.2, 0.25) is 5.02 Å². The van der Waals surface area contributed by atoms with Crippen molar-refractivity contribution in [3.8, 4) is 5.75 Å². The Hall–Kier alpha value is -3.27. The third-order valence-electron chi connectivity index (χ3n) is 6.54. The van der Waals surface area contributed by atoms with Crippen molar-refractivity contribution in [2.45, 2.75) is 31.8 Å². The number of likely N-dealkylation sites (tertiary alicyclic amines) is 1. The maximum Gasteiger partial charge on any atom is 0.248 e. The number of hydrogen-bond donors (Lipinski definition) is 3. The van der Waals surface area contributed by atoms with Crippen molar-refractivity contribution >= 4 is 45.6 Å². The molecular weight excluding hydrogens is 497 g/mol. The lowest BCUT2D eigenvalue weighted by atomic mass is 10.1. The number of fused-ring (bicyclic) bond motifs is 1. The van der Waals surface area contributed by atoms with Gasteiger partial charge in [0.05, 0.1) is 28.9 Å². The van der Waals surface area contributed by atoms with Crippen LogP contribution in [0.1, 0.15) is 25.7 Å². The first-order valence-electron chi connectivity index (χ1n) is 12.5. The number of carbonyl (C=O) groups excluding carboxylic acids is 1. The molecule has 3 N–H and O–H groups in total. The van der Waals surface area contributed by atoms with E-state index in [4.69, 9.17) is 16.3 Å². The van der Waals surface area contributed by atoms with Crippen molar-refractivity contribution < 1.29 is 19.0 Å². The highest BCUT2D eigenvalue weighted by Crippen LogP contribution is 2.36. The van der Waals surface area contributed by atoms with Gasteiger partial charge in [0.2, 0.25) is 5.91 Å².